The lowest BCUT2D eigenvalue weighted by molar-refractivity contribution is 0.630. The average Bonchev–Trinajstić information content (AvgIpc) is 2.24. The average molecular weight is 225 g/mol. The van der Waals surface area contributed by atoms with Crippen molar-refractivity contribution in [1.29, 1.82) is 0 Å². The van der Waals surface area contributed by atoms with Gasteiger partial charge in [-0.1, -0.05) is 17.7 Å². The first kappa shape index (κ1) is 9.86. The molecule has 0 aliphatic carbocycles. The first-order valence-electron chi connectivity index (χ1n) is 4.18. The molecule has 0 atom stereocenters. The third kappa shape index (κ3) is 1.89. The standard InChI is InChI=1S/C10H6ClFN2O/c11-7-3-1-2-6(10(7)12)8-4-5-9(15)14-13-8/h1-5H,(H,14,15). The Kier molecular flexibility index (Phi) is 2.51. The molecule has 0 aliphatic rings. The first-order chi connectivity index (χ1) is 7.18. The van der Waals surface area contributed by atoms with Gasteiger partial charge in [0.2, 0.25) is 0 Å². The lowest BCUT2D eigenvalue weighted by atomic mass is 10.1. The Morgan fingerprint density at radius 1 is 1.27 bits per heavy atom. The van der Waals surface area contributed by atoms with E-state index in [0.29, 0.717) is 5.69 Å². The molecule has 1 N–H and O–H groups in total. The van der Waals surface area contributed by atoms with Gasteiger partial charge >= 0.3 is 0 Å². The number of nitrogens with zero attached hydrogens (tertiary/aromatic N) is 1. The van der Waals surface area contributed by atoms with Gasteiger partial charge in [-0.05, 0) is 18.2 Å². The molecule has 0 amide bonds. The van der Waals surface area contributed by atoms with Gasteiger partial charge < -0.3 is 0 Å². The summed E-state index contributed by atoms with van der Waals surface area (Å²) in [5, 5.41) is 5.97. The van der Waals surface area contributed by atoms with Crippen LogP contribution in [0.4, 0.5) is 4.39 Å². The van der Waals surface area contributed by atoms with E-state index in [0.717, 1.165) is 0 Å². The Hall–Kier alpha value is -1.68. The maximum Gasteiger partial charge on any atom is 0.264 e. The number of benzene rings is 1. The number of hydrogen-bond donors (Lipinski definition) is 1. The number of aromatic amines is 1. The van der Waals surface area contributed by atoms with Gasteiger partial charge in [0.05, 0.1) is 10.7 Å². The van der Waals surface area contributed by atoms with Gasteiger partial charge in [0.15, 0.2) is 5.82 Å². The van der Waals surface area contributed by atoms with Crippen LogP contribution in [0.5, 0.6) is 0 Å². The first-order valence-corrected chi connectivity index (χ1v) is 4.56. The number of H-pyrrole nitrogens is 1. The molecule has 0 spiro atoms. The molecule has 0 radical (unpaired) electrons. The third-order valence-corrected chi connectivity index (χ3v) is 2.20. The molecule has 0 fully saturated rings. The molecule has 0 saturated heterocycles. The summed E-state index contributed by atoms with van der Waals surface area (Å²) in [5.74, 6) is -0.543. The highest BCUT2D eigenvalue weighted by Gasteiger charge is 2.09. The Labute approximate surface area is 89.5 Å². The maximum absolute atomic E-state index is 13.5. The molecule has 1 heterocycles. The zero-order valence-corrected chi connectivity index (χ0v) is 8.25. The molecular formula is C10H6ClFN2O. The smallest absolute Gasteiger partial charge is 0.264 e. The van der Waals surface area contributed by atoms with Gasteiger partial charge in [-0.2, -0.15) is 5.10 Å². The summed E-state index contributed by atoms with van der Waals surface area (Å²) in [6, 6.07) is 7.33. The van der Waals surface area contributed by atoms with E-state index in [2.05, 4.69) is 10.2 Å². The molecule has 2 aromatic rings. The van der Waals surface area contributed by atoms with E-state index in [-0.39, 0.29) is 16.1 Å². The zero-order chi connectivity index (χ0) is 10.8. The van der Waals surface area contributed by atoms with Crippen molar-refractivity contribution in [3.63, 3.8) is 0 Å². The number of hydrogen-bond acceptors (Lipinski definition) is 2. The van der Waals surface area contributed by atoms with Crippen LogP contribution in [-0.4, -0.2) is 10.2 Å². The van der Waals surface area contributed by atoms with E-state index in [9.17, 15) is 9.18 Å². The van der Waals surface area contributed by atoms with E-state index in [4.69, 9.17) is 11.6 Å². The van der Waals surface area contributed by atoms with Crippen LogP contribution in [0.1, 0.15) is 0 Å². The van der Waals surface area contributed by atoms with Gasteiger partial charge in [0.1, 0.15) is 0 Å². The molecule has 2 rings (SSSR count). The molecule has 15 heavy (non-hydrogen) atoms. The van der Waals surface area contributed by atoms with Crippen LogP contribution in [-0.2, 0) is 0 Å². The fourth-order valence-corrected chi connectivity index (χ4v) is 1.37. The maximum atomic E-state index is 13.5. The van der Waals surface area contributed by atoms with Crippen LogP contribution in [0, 0.1) is 5.82 Å². The molecule has 1 aromatic heterocycles. The minimum absolute atomic E-state index is 0.0282. The van der Waals surface area contributed by atoms with Crippen LogP contribution >= 0.6 is 11.6 Å². The van der Waals surface area contributed by atoms with Gasteiger partial charge in [0, 0.05) is 11.6 Å². The van der Waals surface area contributed by atoms with Crippen LogP contribution in [0.2, 0.25) is 5.02 Å². The highest BCUT2D eigenvalue weighted by atomic mass is 35.5. The normalized spacial score (nSPS) is 10.3. The lowest BCUT2D eigenvalue weighted by Gasteiger charge is -2.02. The third-order valence-electron chi connectivity index (χ3n) is 1.91. The predicted molar refractivity (Wildman–Crippen MR) is 55.3 cm³/mol. The molecule has 3 nitrogen and oxygen atoms in total. The summed E-state index contributed by atoms with van der Waals surface area (Å²) < 4.78 is 13.5. The summed E-state index contributed by atoms with van der Waals surface area (Å²) in [7, 11) is 0. The summed E-state index contributed by atoms with van der Waals surface area (Å²) in [6.07, 6.45) is 0. The van der Waals surface area contributed by atoms with E-state index in [1.54, 1.807) is 12.1 Å². The van der Waals surface area contributed by atoms with Crippen LogP contribution in [0.15, 0.2) is 35.1 Å². The minimum Gasteiger partial charge on any atom is -0.268 e. The SMILES string of the molecule is O=c1ccc(-c2cccc(Cl)c2F)n[nH]1. The van der Waals surface area contributed by atoms with Gasteiger partial charge in [-0.25, -0.2) is 9.49 Å². The van der Waals surface area contributed by atoms with Crippen LogP contribution in [0.25, 0.3) is 11.3 Å². The molecule has 76 valence electrons. The molecule has 0 aliphatic heterocycles. The molecular weight excluding hydrogens is 219 g/mol. The van der Waals surface area contributed by atoms with Crippen molar-refractivity contribution in [3.8, 4) is 11.3 Å². The Balaban J connectivity index is 2.59. The van der Waals surface area contributed by atoms with Gasteiger partial charge in [-0.3, -0.25) is 4.79 Å². The van der Waals surface area contributed by atoms with Crippen molar-refractivity contribution in [3.05, 3.63) is 51.5 Å². The van der Waals surface area contributed by atoms with E-state index in [1.165, 1.54) is 18.2 Å². The molecule has 0 saturated carbocycles. The molecule has 1 aromatic carbocycles. The monoisotopic (exact) mass is 224 g/mol. The zero-order valence-electron chi connectivity index (χ0n) is 7.50. The van der Waals surface area contributed by atoms with Crippen molar-refractivity contribution in [1.82, 2.24) is 10.2 Å². The van der Waals surface area contributed by atoms with Crippen molar-refractivity contribution in [2.24, 2.45) is 0 Å². The number of halogens is 2. The summed E-state index contributed by atoms with van der Waals surface area (Å²) >= 11 is 5.62. The fourth-order valence-electron chi connectivity index (χ4n) is 1.20. The van der Waals surface area contributed by atoms with Gasteiger partial charge in [-0.15, -0.1) is 0 Å². The Morgan fingerprint density at radius 3 is 2.73 bits per heavy atom. The van der Waals surface area contributed by atoms with Crippen molar-refractivity contribution >= 4 is 11.6 Å². The van der Waals surface area contributed by atoms with Crippen molar-refractivity contribution in [2.45, 2.75) is 0 Å². The Bertz CT molecular complexity index is 533. The van der Waals surface area contributed by atoms with E-state index < -0.39 is 5.82 Å². The van der Waals surface area contributed by atoms with Crippen molar-refractivity contribution < 1.29 is 4.39 Å². The van der Waals surface area contributed by atoms with E-state index in [1.807, 2.05) is 0 Å². The minimum atomic E-state index is -0.543. The van der Waals surface area contributed by atoms with Gasteiger partial charge in [0.25, 0.3) is 5.56 Å². The molecule has 0 unspecified atom stereocenters. The Morgan fingerprint density at radius 2 is 2.07 bits per heavy atom. The largest absolute Gasteiger partial charge is 0.268 e. The second-order valence-corrected chi connectivity index (χ2v) is 3.32. The summed E-state index contributed by atoms with van der Waals surface area (Å²) in [5.41, 5.74) is 0.273. The second-order valence-electron chi connectivity index (χ2n) is 2.91. The predicted octanol–water partition coefficient (Wildman–Crippen LogP) is 2.23. The lowest BCUT2D eigenvalue weighted by Crippen LogP contribution is -2.06. The van der Waals surface area contributed by atoms with E-state index >= 15 is 0 Å². The molecule has 5 heteroatoms. The topological polar surface area (TPSA) is 45.8 Å². The number of aromatic nitrogens is 2. The van der Waals surface area contributed by atoms with Crippen LogP contribution < -0.4 is 5.56 Å². The summed E-state index contributed by atoms with van der Waals surface area (Å²) in [6.45, 7) is 0. The van der Waals surface area contributed by atoms with Crippen molar-refractivity contribution in [2.75, 3.05) is 0 Å². The second kappa shape index (κ2) is 3.82. The quantitative estimate of drug-likeness (QED) is 0.808. The number of rotatable bonds is 1. The fraction of sp³-hybridized carbons (Fsp3) is 0. The summed E-state index contributed by atoms with van der Waals surface area (Å²) in [4.78, 5) is 10.8. The van der Waals surface area contributed by atoms with Crippen LogP contribution in [0.3, 0.4) is 0 Å². The highest BCUT2D eigenvalue weighted by Crippen LogP contribution is 2.24. The highest BCUT2D eigenvalue weighted by molar-refractivity contribution is 6.31. The number of nitrogens with one attached hydrogen (secondary N) is 1. The molecule has 0 bridgehead atoms.